The SMILES string of the molecule is CN1NC(=S)N(c2ccc3c(c2)SC(C=CC=C2N(C)c4ccccc4C2(C)C)N3C)N1. The van der Waals surface area contributed by atoms with Gasteiger partial charge in [-0.05, 0) is 48.1 Å². The number of thioether (sulfide) groups is 1. The Hall–Kier alpha value is -2.52. The standard InChI is InChI=1S/C24H28N6S2/c1-24(2)17-9-6-7-10-18(17)27(3)21(24)11-8-12-22-28(4)19-14-13-16(15-20(19)32-22)30-23(31)25-29(5)26-30/h6-15,22,26H,1-5H3,(H,25,31). The number of hydrogen-bond donors (Lipinski definition) is 2. The van der Waals surface area contributed by atoms with Crippen LogP contribution < -0.4 is 25.8 Å². The van der Waals surface area contributed by atoms with E-state index in [1.807, 2.05) is 23.8 Å². The molecule has 32 heavy (non-hydrogen) atoms. The first-order valence-electron chi connectivity index (χ1n) is 10.6. The number of para-hydroxylation sites is 1. The number of allylic oxidation sites excluding steroid dienone is 3. The van der Waals surface area contributed by atoms with Crippen molar-refractivity contribution in [2.75, 3.05) is 36.0 Å². The first kappa shape index (κ1) is 21.3. The van der Waals surface area contributed by atoms with Gasteiger partial charge in [0.15, 0.2) is 0 Å². The molecule has 8 heteroatoms. The molecule has 3 aliphatic rings. The molecule has 0 aromatic heterocycles. The Balaban J connectivity index is 1.35. The number of hydrogen-bond acceptors (Lipinski definition) is 6. The Bertz CT molecular complexity index is 1140. The molecule has 1 fully saturated rings. The molecule has 0 spiro atoms. The number of thiocarbonyl (C=S) groups is 1. The zero-order chi connectivity index (χ0) is 22.6. The number of nitrogens with one attached hydrogen (secondary N) is 2. The van der Waals surface area contributed by atoms with Crippen LogP contribution in [0.15, 0.2) is 71.3 Å². The van der Waals surface area contributed by atoms with Crippen LogP contribution in [-0.4, -0.2) is 36.7 Å². The molecule has 166 valence electrons. The van der Waals surface area contributed by atoms with Crippen LogP contribution in [0.1, 0.15) is 19.4 Å². The van der Waals surface area contributed by atoms with Gasteiger partial charge in [-0.1, -0.05) is 56.0 Å². The lowest BCUT2D eigenvalue weighted by molar-refractivity contribution is 0.241. The van der Waals surface area contributed by atoms with Gasteiger partial charge in [0.05, 0.1) is 16.7 Å². The fraction of sp³-hybridized carbons (Fsp3) is 0.292. The molecule has 2 N–H and O–H groups in total. The second-order valence-corrected chi connectivity index (χ2v) is 10.4. The summed E-state index contributed by atoms with van der Waals surface area (Å²) in [6, 6.07) is 15.1. The fourth-order valence-electron chi connectivity index (χ4n) is 4.67. The van der Waals surface area contributed by atoms with Crippen molar-refractivity contribution >= 4 is 46.2 Å². The highest BCUT2D eigenvalue weighted by Gasteiger charge is 2.37. The van der Waals surface area contributed by atoms with Gasteiger partial charge in [-0.3, -0.25) is 5.43 Å². The molecule has 0 saturated carbocycles. The van der Waals surface area contributed by atoms with Gasteiger partial charge in [0.2, 0.25) is 5.11 Å². The van der Waals surface area contributed by atoms with E-state index in [1.54, 1.807) is 5.12 Å². The molecular weight excluding hydrogens is 436 g/mol. The number of rotatable bonds is 3. The summed E-state index contributed by atoms with van der Waals surface area (Å²) in [7, 11) is 6.19. The van der Waals surface area contributed by atoms with Crippen LogP contribution in [0, 0.1) is 0 Å². The van der Waals surface area contributed by atoms with Crippen LogP contribution in [0.3, 0.4) is 0 Å². The third-order valence-electron chi connectivity index (χ3n) is 6.40. The molecule has 3 aliphatic heterocycles. The van der Waals surface area contributed by atoms with E-state index in [-0.39, 0.29) is 10.8 Å². The third-order valence-corrected chi connectivity index (χ3v) is 7.97. The molecular formula is C24H28N6S2. The first-order chi connectivity index (χ1) is 15.3. The summed E-state index contributed by atoms with van der Waals surface area (Å²) in [6.45, 7) is 4.60. The highest BCUT2D eigenvalue weighted by molar-refractivity contribution is 8.00. The minimum atomic E-state index is -0.00931. The Labute approximate surface area is 199 Å². The van der Waals surface area contributed by atoms with Gasteiger partial charge in [0, 0.05) is 42.8 Å². The van der Waals surface area contributed by atoms with Crippen LogP contribution in [0.5, 0.6) is 0 Å². The minimum absolute atomic E-state index is 0.00931. The van der Waals surface area contributed by atoms with Gasteiger partial charge in [-0.15, -0.1) is 10.7 Å². The molecule has 1 saturated heterocycles. The highest BCUT2D eigenvalue weighted by Crippen LogP contribution is 2.47. The van der Waals surface area contributed by atoms with Gasteiger partial charge in [-0.2, -0.15) is 0 Å². The largest absolute Gasteiger partial charge is 0.358 e. The second-order valence-electron chi connectivity index (χ2n) is 8.82. The van der Waals surface area contributed by atoms with Crippen LogP contribution in [0.2, 0.25) is 0 Å². The summed E-state index contributed by atoms with van der Waals surface area (Å²) in [4.78, 5) is 5.87. The molecule has 2 aromatic carbocycles. The first-order valence-corrected chi connectivity index (χ1v) is 11.9. The second kappa shape index (κ2) is 7.81. The molecule has 0 aliphatic carbocycles. The van der Waals surface area contributed by atoms with E-state index >= 15 is 0 Å². The van der Waals surface area contributed by atoms with E-state index < -0.39 is 0 Å². The van der Waals surface area contributed by atoms with Crippen molar-refractivity contribution in [1.29, 1.82) is 0 Å². The van der Waals surface area contributed by atoms with Crippen molar-refractivity contribution in [3.8, 4) is 0 Å². The summed E-state index contributed by atoms with van der Waals surface area (Å²) in [5.74, 6) is 0. The lowest BCUT2D eigenvalue weighted by Crippen LogP contribution is -2.39. The Morgan fingerprint density at radius 2 is 1.84 bits per heavy atom. The number of anilines is 3. The summed E-state index contributed by atoms with van der Waals surface area (Å²) < 4.78 is 0. The number of nitrogens with zero attached hydrogens (tertiary/aromatic N) is 4. The van der Waals surface area contributed by atoms with Gasteiger partial charge in [-0.25, -0.2) is 5.01 Å². The van der Waals surface area contributed by atoms with Crippen LogP contribution in [-0.2, 0) is 5.41 Å². The molecule has 0 radical (unpaired) electrons. The summed E-state index contributed by atoms with van der Waals surface area (Å²) in [5.41, 5.74) is 12.5. The lowest BCUT2D eigenvalue weighted by atomic mass is 9.84. The smallest absolute Gasteiger partial charge is 0.205 e. The highest BCUT2D eigenvalue weighted by atomic mass is 32.2. The molecule has 1 unspecified atom stereocenters. The average molecular weight is 465 g/mol. The molecule has 5 rings (SSSR count). The van der Waals surface area contributed by atoms with Gasteiger partial charge in [0.1, 0.15) is 0 Å². The van der Waals surface area contributed by atoms with Crippen molar-refractivity contribution in [1.82, 2.24) is 16.1 Å². The van der Waals surface area contributed by atoms with E-state index in [4.69, 9.17) is 12.2 Å². The number of hydrazine groups is 3. The van der Waals surface area contributed by atoms with Crippen molar-refractivity contribution in [2.24, 2.45) is 0 Å². The number of fused-ring (bicyclic) bond motifs is 2. The van der Waals surface area contributed by atoms with E-state index in [1.165, 1.54) is 27.5 Å². The van der Waals surface area contributed by atoms with Gasteiger partial charge < -0.3 is 9.80 Å². The number of benzene rings is 2. The Morgan fingerprint density at radius 1 is 1.06 bits per heavy atom. The topological polar surface area (TPSA) is 37.0 Å². The Morgan fingerprint density at radius 3 is 2.56 bits per heavy atom. The van der Waals surface area contributed by atoms with Crippen molar-refractivity contribution in [3.05, 3.63) is 72.0 Å². The fourth-order valence-corrected chi connectivity index (χ4v) is 6.18. The monoisotopic (exact) mass is 464 g/mol. The maximum absolute atomic E-state index is 5.41. The van der Waals surface area contributed by atoms with Crippen molar-refractivity contribution in [3.63, 3.8) is 0 Å². The zero-order valence-electron chi connectivity index (χ0n) is 19.0. The van der Waals surface area contributed by atoms with E-state index in [0.29, 0.717) is 5.11 Å². The predicted molar refractivity (Wildman–Crippen MR) is 139 cm³/mol. The van der Waals surface area contributed by atoms with Crippen LogP contribution in [0.25, 0.3) is 0 Å². The Kier molecular flexibility index (Phi) is 5.21. The molecule has 0 bridgehead atoms. The summed E-state index contributed by atoms with van der Waals surface area (Å²) in [6.07, 6.45) is 6.74. The molecule has 2 aromatic rings. The van der Waals surface area contributed by atoms with Crippen molar-refractivity contribution in [2.45, 2.75) is 29.5 Å². The third kappa shape index (κ3) is 3.38. The lowest BCUT2D eigenvalue weighted by Gasteiger charge is -2.24. The summed E-state index contributed by atoms with van der Waals surface area (Å²) >= 11 is 7.26. The molecule has 0 amide bonds. The van der Waals surface area contributed by atoms with Gasteiger partial charge in [0.25, 0.3) is 0 Å². The quantitative estimate of drug-likeness (QED) is 0.648. The molecule has 1 atom stereocenters. The minimum Gasteiger partial charge on any atom is -0.358 e. The molecule has 6 nitrogen and oxygen atoms in total. The van der Waals surface area contributed by atoms with E-state index in [2.05, 4.69) is 109 Å². The maximum atomic E-state index is 5.41. The maximum Gasteiger partial charge on any atom is 0.205 e. The number of likely N-dealkylation sites (N-methyl/N-ethyl adjacent to an activating group) is 2. The summed E-state index contributed by atoms with van der Waals surface area (Å²) in [5, 5.41) is 4.50. The van der Waals surface area contributed by atoms with E-state index in [0.717, 1.165) is 5.69 Å². The van der Waals surface area contributed by atoms with E-state index in [9.17, 15) is 0 Å². The average Bonchev–Trinajstić information content (AvgIpc) is 3.33. The zero-order valence-corrected chi connectivity index (χ0v) is 20.6. The predicted octanol–water partition coefficient (Wildman–Crippen LogP) is 4.38. The van der Waals surface area contributed by atoms with Gasteiger partial charge >= 0.3 is 0 Å². The normalized spacial score (nSPS) is 23.4. The van der Waals surface area contributed by atoms with Crippen LogP contribution >= 0.6 is 24.0 Å². The van der Waals surface area contributed by atoms with Crippen LogP contribution in [0.4, 0.5) is 17.1 Å². The molecule has 3 heterocycles. The van der Waals surface area contributed by atoms with Crippen molar-refractivity contribution < 1.29 is 0 Å².